The number of carbonyl (C=O) groups is 1. The predicted octanol–water partition coefficient (Wildman–Crippen LogP) is 8.84. The van der Waals surface area contributed by atoms with Gasteiger partial charge in [-0.3, -0.25) is 9.78 Å². The fourth-order valence-electron chi connectivity index (χ4n) is 5.28. The van der Waals surface area contributed by atoms with Crippen LogP contribution in [-0.4, -0.2) is 11.0 Å². The number of unbranched alkanes of at least 4 members (excludes halogenated alkanes) is 7. The summed E-state index contributed by atoms with van der Waals surface area (Å²) in [6.45, 7) is 4.45. The summed E-state index contributed by atoms with van der Waals surface area (Å²) in [5.41, 5.74) is 2.98. The van der Waals surface area contributed by atoms with Crippen molar-refractivity contribution in [3.63, 3.8) is 0 Å². The van der Waals surface area contributed by atoms with Crippen LogP contribution in [0, 0.1) is 22.7 Å². The van der Waals surface area contributed by atoms with Crippen LogP contribution in [0.25, 0.3) is 11.3 Å². The number of hydrogen-bond donors (Lipinski definition) is 0. The molecule has 1 aromatic carbocycles. The van der Waals surface area contributed by atoms with Crippen molar-refractivity contribution in [2.24, 2.45) is 11.3 Å². The highest BCUT2D eigenvalue weighted by Gasteiger charge is 2.37. The van der Waals surface area contributed by atoms with Gasteiger partial charge in [-0.05, 0) is 80.8 Å². The van der Waals surface area contributed by atoms with Gasteiger partial charge in [-0.2, -0.15) is 5.26 Å². The molecule has 1 aliphatic carbocycles. The summed E-state index contributed by atoms with van der Waals surface area (Å²) in [6.07, 6.45) is 18.2. The average Bonchev–Trinajstić information content (AvgIpc) is 2.92. The van der Waals surface area contributed by atoms with Gasteiger partial charge in [-0.15, -0.1) is 0 Å². The van der Waals surface area contributed by atoms with Crippen molar-refractivity contribution in [2.45, 2.75) is 110 Å². The van der Waals surface area contributed by atoms with E-state index < -0.39 is 0 Å². The largest absolute Gasteiger partial charge is 0.426 e. The Morgan fingerprint density at radius 1 is 0.944 bits per heavy atom. The molecule has 0 N–H and O–H groups in total. The number of nitrogens with zero attached hydrogens (tertiary/aromatic N) is 2. The first kappa shape index (κ1) is 27.9. The van der Waals surface area contributed by atoms with E-state index in [1.54, 1.807) is 0 Å². The SMILES string of the molecule is CCCCCCC[C@]1(C#N)CC[C@H](C(=O)Oc2ccc(-c3ccc(CCCCCC)cn3)cc2)CC1. The van der Waals surface area contributed by atoms with E-state index in [4.69, 9.17) is 4.74 Å². The van der Waals surface area contributed by atoms with Crippen molar-refractivity contribution < 1.29 is 9.53 Å². The van der Waals surface area contributed by atoms with E-state index in [0.717, 1.165) is 56.2 Å². The molecule has 2 aromatic rings. The van der Waals surface area contributed by atoms with Crippen molar-refractivity contribution in [1.29, 1.82) is 5.26 Å². The molecule has 3 rings (SSSR count). The van der Waals surface area contributed by atoms with E-state index >= 15 is 0 Å². The van der Waals surface area contributed by atoms with Crippen molar-refractivity contribution in [2.75, 3.05) is 0 Å². The summed E-state index contributed by atoms with van der Waals surface area (Å²) in [4.78, 5) is 17.4. The number of rotatable bonds is 14. The molecule has 4 nitrogen and oxygen atoms in total. The zero-order chi connectivity index (χ0) is 25.6. The second-order valence-corrected chi connectivity index (χ2v) is 10.6. The topological polar surface area (TPSA) is 63.0 Å². The molecular weight excluding hydrogens is 444 g/mol. The molecule has 0 saturated heterocycles. The van der Waals surface area contributed by atoms with Gasteiger partial charge < -0.3 is 4.74 Å². The van der Waals surface area contributed by atoms with Gasteiger partial charge >= 0.3 is 5.97 Å². The lowest BCUT2D eigenvalue weighted by molar-refractivity contribution is -0.140. The van der Waals surface area contributed by atoms with Gasteiger partial charge in [-0.1, -0.05) is 71.3 Å². The first-order valence-corrected chi connectivity index (χ1v) is 14.3. The van der Waals surface area contributed by atoms with E-state index in [9.17, 15) is 10.1 Å². The van der Waals surface area contributed by atoms with Gasteiger partial charge in [0.05, 0.1) is 23.1 Å². The maximum atomic E-state index is 12.8. The Labute approximate surface area is 218 Å². The van der Waals surface area contributed by atoms with Crippen LogP contribution in [-0.2, 0) is 11.2 Å². The lowest BCUT2D eigenvalue weighted by Gasteiger charge is -2.34. The molecule has 1 fully saturated rings. The number of pyridine rings is 1. The zero-order valence-corrected chi connectivity index (χ0v) is 22.4. The van der Waals surface area contributed by atoms with Gasteiger partial charge in [0.1, 0.15) is 5.75 Å². The fourth-order valence-corrected chi connectivity index (χ4v) is 5.28. The third-order valence-corrected chi connectivity index (χ3v) is 7.78. The van der Waals surface area contributed by atoms with Crippen molar-refractivity contribution in [3.05, 3.63) is 48.2 Å². The third-order valence-electron chi connectivity index (χ3n) is 7.78. The Morgan fingerprint density at radius 2 is 1.61 bits per heavy atom. The number of nitriles is 1. The van der Waals surface area contributed by atoms with Crippen LogP contribution in [0.5, 0.6) is 5.75 Å². The normalized spacial score (nSPS) is 19.5. The molecule has 0 spiro atoms. The lowest BCUT2D eigenvalue weighted by atomic mass is 9.69. The molecule has 194 valence electrons. The molecule has 1 aromatic heterocycles. The number of esters is 1. The minimum absolute atomic E-state index is 0.113. The number of aromatic nitrogens is 1. The zero-order valence-electron chi connectivity index (χ0n) is 22.4. The van der Waals surface area contributed by atoms with Crippen LogP contribution >= 0.6 is 0 Å². The Balaban J connectivity index is 1.45. The number of hydrogen-bond acceptors (Lipinski definition) is 4. The standard InChI is InChI=1S/C32H44N2O2/c1-3-5-7-9-11-21-32(25-33)22-19-28(20-23-32)31(35)36-29-16-14-27(15-17-29)30-18-13-26(24-34-30)12-10-8-6-4-2/h13-18,24,28H,3-12,19-23H2,1-2H3/t28-,32-. The molecule has 0 unspecified atom stereocenters. The van der Waals surface area contributed by atoms with Gasteiger partial charge in [-0.25, -0.2) is 0 Å². The maximum absolute atomic E-state index is 12.8. The highest BCUT2D eigenvalue weighted by Crippen LogP contribution is 2.42. The summed E-state index contributed by atoms with van der Waals surface area (Å²) < 4.78 is 5.71. The van der Waals surface area contributed by atoms with Crippen LogP contribution in [0.4, 0.5) is 0 Å². The first-order valence-electron chi connectivity index (χ1n) is 14.3. The van der Waals surface area contributed by atoms with Crippen LogP contribution in [0.15, 0.2) is 42.6 Å². The fraction of sp³-hybridized carbons (Fsp3) is 0.594. The second kappa shape index (κ2) is 14.8. The Kier molecular flexibility index (Phi) is 11.5. The van der Waals surface area contributed by atoms with E-state index in [-0.39, 0.29) is 17.3 Å². The van der Waals surface area contributed by atoms with Gasteiger partial charge in [0.2, 0.25) is 0 Å². The van der Waals surface area contributed by atoms with Crippen molar-refractivity contribution in [1.82, 2.24) is 4.98 Å². The molecule has 0 radical (unpaired) electrons. The minimum Gasteiger partial charge on any atom is -0.426 e. The summed E-state index contributed by atoms with van der Waals surface area (Å²) in [6, 6.07) is 14.5. The molecule has 0 amide bonds. The molecule has 0 bridgehead atoms. The summed E-state index contributed by atoms with van der Waals surface area (Å²) in [7, 11) is 0. The number of aryl methyl sites for hydroxylation is 1. The quantitative estimate of drug-likeness (QED) is 0.151. The average molecular weight is 489 g/mol. The van der Waals surface area contributed by atoms with E-state index in [1.165, 1.54) is 56.9 Å². The van der Waals surface area contributed by atoms with E-state index in [1.807, 2.05) is 30.5 Å². The summed E-state index contributed by atoms with van der Waals surface area (Å²) in [5.74, 6) is 0.296. The molecule has 1 heterocycles. The Bertz CT molecular complexity index is 951. The minimum atomic E-state index is -0.247. The molecular formula is C32H44N2O2. The van der Waals surface area contributed by atoms with Crippen LogP contribution in [0.2, 0.25) is 0 Å². The maximum Gasteiger partial charge on any atom is 0.314 e. The molecule has 4 heteroatoms. The van der Waals surface area contributed by atoms with Crippen LogP contribution in [0.3, 0.4) is 0 Å². The van der Waals surface area contributed by atoms with E-state index in [0.29, 0.717) is 5.75 Å². The van der Waals surface area contributed by atoms with Gasteiger partial charge in [0, 0.05) is 11.8 Å². The number of ether oxygens (including phenoxy) is 1. The summed E-state index contributed by atoms with van der Waals surface area (Å²) in [5, 5.41) is 9.83. The Hall–Kier alpha value is -2.67. The van der Waals surface area contributed by atoms with Crippen LogP contribution in [0.1, 0.15) is 109 Å². The summed E-state index contributed by atoms with van der Waals surface area (Å²) >= 11 is 0. The first-order chi connectivity index (χ1) is 17.6. The smallest absolute Gasteiger partial charge is 0.314 e. The number of benzene rings is 1. The highest BCUT2D eigenvalue weighted by molar-refractivity contribution is 5.75. The van der Waals surface area contributed by atoms with E-state index in [2.05, 4.69) is 37.0 Å². The van der Waals surface area contributed by atoms with Crippen molar-refractivity contribution in [3.8, 4) is 23.1 Å². The second-order valence-electron chi connectivity index (χ2n) is 10.6. The Morgan fingerprint density at radius 3 is 2.22 bits per heavy atom. The lowest BCUT2D eigenvalue weighted by Crippen LogP contribution is -2.31. The molecule has 0 atom stereocenters. The molecule has 36 heavy (non-hydrogen) atoms. The molecule has 1 aliphatic rings. The van der Waals surface area contributed by atoms with Crippen LogP contribution < -0.4 is 4.74 Å². The molecule has 0 aliphatic heterocycles. The van der Waals surface area contributed by atoms with Gasteiger partial charge in [0.15, 0.2) is 0 Å². The van der Waals surface area contributed by atoms with Gasteiger partial charge in [0.25, 0.3) is 0 Å². The monoisotopic (exact) mass is 488 g/mol. The third kappa shape index (κ3) is 8.47. The van der Waals surface area contributed by atoms with Crippen molar-refractivity contribution >= 4 is 5.97 Å². The predicted molar refractivity (Wildman–Crippen MR) is 147 cm³/mol. The number of carbonyl (C=O) groups excluding carboxylic acids is 1. The molecule has 1 saturated carbocycles. The highest BCUT2D eigenvalue weighted by atomic mass is 16.5.